The molecule has 4 atom stereocenters. The van der Waals surface area contributed by atoms with Gasteiger partial charge in [0.2, 0.25) is 0 Å². The summed E-state index contributed by atoms with van der Waals surface area (Å²) in [6.45, 7) is 5.78. The molecule has 4 unspecified atom stereocenters. The smallest absolute Gasteiger partial charge is 0.0508 e. The second kappa shape index (κ2) is 3.49. The second-order valence-electron chi connectivity index (χ2n) is 5.61. The summed E-state index contributed by atoms with van der Waals surface area (Å²) in [6, 6.07) is 0.687. The van der Waals surface area contributed by atoms with E-state index in [0.717, 1.165) is 24.4 Å². The van der Waals surface area contributed by atoms with E-state index in [1.54, 1.807) is 0 Å². The number of rotatable bonds is 3. The first-order valence-corrected chi connectivity index (χ1v) is 5.77. The molecule has 82 valence electrons. The Morgan fingerprint density at radius 2 is 2.07 bits per heavy atom. The van der Waals surface area contributed by atoms with Crippen molar-refractivity contribution in [3.63, 3.8) is 0 Å². The Kier molecular flexibility index (Phi) is 2.61. The number of nitrogens with one attached hydrogen (secondary N) is 1. The normalized spacial score (nSPS) is 44.6. The molecule has 0 aromatic heterocycles. The van der Waals surface area contributed by atoms with E-state index in [0.29, 0.717) is 11.5 Å². The lowest BCUT2D eigenvalue weighted by molar-refractivity contribution is -0.134. The number of fused-ring (bicyclic) bond motifs is 2. The van der Waals surface area contributed by atoms with Crippen molar-refractivity contribution in [2.24, 2.45) is 23.2 Å². The highest BCUT2D eigenvalue weighted by atomic mass is 16.5. The lowest BCUT2D eigenvalue weighted by Crippen LogP contribution is -2.61. The number of ether oxygens (including phenoxy) is 1. The van der Waals surface area contributed by atoms with Gasteiger partial charge in [-0.1, -0.05) is 13.8 Å². The molecule has 3 rings (SSSR count). The lowest BCUT2D eigenvalue weighted by atomic mass is 9.44. The van der Waals surface area contributed by atoms with Crippen molar-refractivity contribution in [3.05, 3.63) is 0 Å². The van der Waals surface area contributed by atoms with E-state index in [1.807, 2.05) is 7.11 Å². The summed E-state index contributed by atoms with van der Waals surface area (Å²) < 4.78 is 5.36. The number of hydrogen-bond donors (Lipinski definition) is 1. The summed E-state index contributed by atoms with van der Waals surface area (Å²) in [4.78, 5) is 0. The lowest BCUT2D eigenvalue weighted by Gasteiger charge is -2.62. The fourth-order valence-electron chi connectivity index (χ4n) is 3.70. The van der Waals surface area contributed by atoms with Crippen LogP contribution in [-0.4, -0.2) is 26.8 Å². The Hall–Kier alpha value is -0.0800. The van der Waals surface area contributed by atoms with Gasteiger partial charge in [-0.15, -0.1) is 0 Å². The van der Waals surface area contributed by atoms with Gasteiger partial charge in [0, 0.05) is 19.1 Å². The molecule has 0 amide bonds. The zero-order valence-corrected chi connectivity index (χ0v) is 9.84. The zero-order chi connectivity index (χ0) is 10.3. The van der Waals surface area contributed by atoms with Crippen LogP contribution in [0.1, 0.15) is 26.7 Å². The molecule has 0 radical (unpaired) electrons. The van der Waals surface area contributed by atoms with Crippen LogP contribution in [-0.2, 0) is 4.74 Å². The molecule has 3 fully saturated rings. The third kappa shape index (κ3) is 1.31. The van der Waals surface area contributed by atoms with Crippen LogP contribution in [0, 0.1) is 23.2 Å². The minimum absolute atomic E-state index is 0.566. The molecule has 2 heteroatoms. The Balaban J connectivity index is 2.09. The summed E-state index contributed by atoms with van der Waals surface area (Å²) in [5.74, 6) is 2.54. The molecule has 3 saturated carbocycles. The molecule has 3 aliphatic rings. The summed E-state index contributed by atoms with van der Waals surface area (Å²) >= 11 is 0. The van der Waals surface area contributed by atoms with Crippen LogP contribution >= 0.6 is 0 Å². The van der Waals surface area contributed by atoms with E-state index < -0.39 is 0 Å². The first-order valence-electron chi connectivity index (χ1n) is 5.77. The van der Waals surface area contributed by atoms with Crippen molar-refractivity contribution in [1.29, 1.82) is 0 Å². The van der Waals surface area contributed by atoms with Crippen molar-refractivity contribution < 1.29 is 4.74 Å². The number of hydrogen-bond acceptors (Lipinski definition) is 2. The maximum Gasteiger partial charge on any atom is 0.0508 e. The maximum atomic E-state index is 5.36. The molecule has 0 aromatic rings. The molecule has 0 spiro atoms. The van der Waals surface area contributed by atoms with Gasteiger partial charge in [0.15, 0.2) is 0 Å². The van der Waals surface area contributed by atoms with Crippen LogP contribution in [0.3, 0.4) is 0 Å². The maximum absolute atomic E-state index is 5.36. The Morgan fingerprint density at radius 1 is 1.36 bits per heavy atom. The van der Waals surface area contributed by atoms with E-state index >= 15 is 0 Å². The largest absolute Gasteiger partial charge is 0.384 e. The van der Waals surface area contributed by atoms with E-state index in [-0.39, 0.29) is 0 Å². The van der Waals surface area contributed by atoms with Gasteiger partial charge >= 0.3 is 0 Å². The van der Waals surface area contributed by atoms with Crippen molar-refractivity contribution in [2.45, 2.75) is 32.7 Å². The molecule has 0 aromatic carbocycles. The van der Waals surface area contributed by atoms with Crippen molar-refractivity contribution >= 4 is 0 Å². The van der Waals surface area contributed by atoms with Gasteiger partial charge in [-0.05, 0) is 37.1 Å². The predicted molar refractivity (Wildman–Crippen MR) is 58.2 cm³/mol. The summed E-state index contributed by atoms with van der Waals surface area (Å²) in [5, 5.41) is 3.46. The molecular formula is C12H23NO. The van der Waals surface area contributed by atoms with Gasteiger partial charge in [-0.3, -0.25) is 0 Å². The van der Waals surface area contributed by atoms with E-state index in [4.69, 9.17) is 4.74 Å². The molecule has 0 aliphatic heterocycles. The third-order valence-corrected chi connectivity index (χ3v) is 4.85. The van der Waals surface area contributed by atoms with Crippen molar-refractivity contribution in [3.8, 4) is 0 Å². The molecule has 0 saturated heterocycles. The van der Waals surface area contributed by atoms with Gasteiger partial charge in [0.05, 0.1) is 6.61 Å². The predicted octanol–water partition coefficient (Wildman–Crippen LogP) is 1.90. The minimum Gasteiger partial charge on any atom is -0.384 e. The van der Waals surface area contributed by atoms with Crippen LogP contribution < -0.4 is 5.32 Å². The first-order chi connectivity index (χ1) is 6.61. The zero-order valence-electron chi connectivity index (χ0n) is 9.84. The van der Waals surface area contributed by atoms with Crippen LogP contribution in [0.25, 0.3) is 0 Å². The highest BCUT2D eigenvalue weighted by molar-refractivity contribution is 5.07. The SMILES string of the molecule is CNC1CC2CC(C1COC)C2(C)C. The second-order valence-corrected chi connectivity index (χ2v) is 5.61. The van der Waals surface area contributed by atoms with Crippen LogP contribution in [0.2, 0.25) is 0 Å². The fourth-order valence-corrected chi connectivity index (χ4v) is 3.70. The summed E-state index contributed by atoms with van der Waals surface area (Å²) in [5.41, 5.74) is 0.566. The van der Waals surface area contributed by atoms with Gasteiger partial charge < -0.3 is 10.1 Å². The van der Waals surface area contributed by atoms with Crippen LogP contribution in [0.4, 0.5) is 0 Å². The average Bonchev–Trinajstić information content (AvgIpc) is 2.18. The molecule has 0 heterocycles. The molecule has 14 heavy (non-hydrogen) atoms. The van der Waals surface area contributed by atoms with Crippen LogP contribution in [0.15, 0.2) is 0 Å². The van der Waals surface area contributed by atoms with Crippen molar-refractivity contribution in [2.75, 3.05) is 20.8 Å². The molecular weight excluding hydrogens is 174 g/mol. The quantitative estimate of drug-likeness (QED) is 0.746. The Labute approximate surface area is 87.4 Å². The molecule has 2 bridgehead atoms. The molecule has 2 nitrogen and oxygen atoms in total. The standard InChI is InChI=1S/C12H23NO/c1-12(2)8-5-10(12)9(7-14-4)11(6-8)13-3/h8-11,13H,5-7H2,1-4H3. The van der Waals surface area contributed by atoms with Crippen LogP contribution in [0.5, 0.6) is 0 Å². The van der Waals surface area contributed by atoms with E-state index in [1.165, 1.54) is 12.8 Å². The minimum atomic E-state index is 0.566. The first kappa shape index (κ1) is 10.4. The average molecular weight is 197 g/mol. The monoisotopic (exact) mass is 197 g/mol. The van der Waals surface area contributed by atoms with Gasteiger partial charge in [0.25, 0.3) is 0 Å². The van der Waals surface area contributed by atoms with Crippen molar-refractivity contribution in [1.82, 2.24) is 5.32 Å². The van der Waals surface area contributed by atoms with Gasteiger partial charge in [-0.25, -0.2) is 0 Å². The Morgan fingerprint density at radius 3 is 2.57 bits per heavy atom. The molecule has 1 N–H and O–H groups in total. The molecule has 3 aliphatic carbocycles. The van der Waals surface area contributed by atoms with E-state index in [9.17, 15) is 0 Å². The summed E-state index contributed by atoms with van der Waals surface area (Å²) in [6.07, 6.45) is 2.77. The topological polar surface area (TPSA) is 21.3 Å². The van der Waals surface area contributed by atoms with Gasteiger partial charge in [-0.2, -0.15) is 0 Å². The van der Waals surface area contributed by atoms with E-state index in [2.05, 4.69) is 26.2 Å². The third-order valence-electron chi connectivity index (χ3n) is 4.85. The van der Waals surface area contributed by atoms with Gasteiger partial charge in [0.1, 0.15) is 0 Å². The number of methoxy groups -OCH3 is 1. The highest BCUT2D eigenvalue weighted by Gasteiger charge is 2.57. The summed E-state index contributed by atoms with van der Waals surface area (Å²) in [7, 11) is 3.91. The fraction of sp³-hybridized carbons (Fsp3) is 1.00. The highest BCUT2D eigenvalue weighted by Crippen LogP contribution is 2.61. The Bertz CT molecular complexity index is 214.